The SMILES string of the molecule is COCCN(C)CCCNC(=O)c1cc2cc(C)ccc2o1. The molecule has 0 fully saturated rings. The van der Waals surface area contributed by atoms with Crippen LogP contribution in [0.15, 0.2) is 28.7 Å². The van der Waals surface area contributed by atoms with Crippen molar-refractivity contribution in [2.75, 3.05) is 40.4 Å². The van der Waals surface area contributed by atoms with Crippen molar-refractivity contribution in [2.24, 2.45) is 0 Å². The highest BCUT2D eigenvalue weighted by atomic mass is 16.5. The lowest BCUT2D eigenvalue weighted by Crippen LogP contribution is -2.29. The summed E-state index contributed by atoms with van der Waals surface area (Å²) in [5, 5.41) is 3.86. The first kappa shape index (κ1) is 16.5. The molecule has 0 aliphatic heterocycles. The molecular formula is C17H24N2O3. The summed E-state index contributed by atoms with van der Waals surface area (Å²) in [7, 11) is 3.74. The summed E-state index contributed by atoms with van der Waals surface area (Å²) in [6, 6.07) is 7.68. The number of hydrogen-bond acceptors (Lipinski definition) is 4. The van der Waals surface area contributed by atoms with Crippen LogP contribution in [0.25, 0.3) is 11.0 Å². The van der Waals surface area contributed by atoms with Gasteiger partial charge in [0.2, 0.25) is 0 Å². The molecule has 5 heteroatoms. The lowest BCUT2D eigenvalue weighted by Gasteiger charge is -2.15. The maximum Gasteiger partial charge on any atom is 0.287 e. The maximum absolute atomic E-state index is 12.1. The largest absolute Gasteiger partial charge is 0.451 e. The van der Waals surface area contributed by atoms with Gasteiger partial charge < -0.3 is 19.4 Å². The molecule has 0 aliphatic carbocycles. The average molecular weight is 304 g/mol. The maximum atomic E-state index is 12.1. The number of amides is 1. The third kappa shape index (κ3) is 4.58. The minimum Gasteiger partial charge on any atom is -0.451 e. The molecule has 1 N–H and O–H groups in total. The Hall–Kier alpha value is -1.85. The van der Waals surface area contributed by atoms with Gasteiger partial charge in [-0.05, 0) is 45.1 Å². The summed E-state index contributed by atoms with van der Waals surface area (Å²) >= 11 is 0. The highest BCUT2D eigenvalue weighted by Crippen LogP contribution is 2.20. The molecule has 22 heavy (non-hydrogen) atoms. The number of ether oxygens (including phenoxy) is 1. The lowest BCUT2D eigenvalue weighted by atomic mass is 10.2. The topological polar surface area (TPSA) is 54.7 Å². The van der Waals surface area contributed by atoms with Gasteiger partial charge in [-0.2, -0.15) is 0 Å². The van der Waals surface area contributed by atoms with Crippen LogP contribution in [0.5, 0.6) is 0 Å². The van der Waals surface area contributed by atoms with Gasteiger partial charge in [0.25, 0.3) is 5.91 Å². The van der Waals surface area contributed by atoms with E-state index in [1.807, 2.05) is 32.2 Å². The second kappa shape index (κ2) is 7.96. The van der Waals surface area contributed by atoms with Crippen LogP contribution >= 0.6 is 0 Å². The minimum absolute atomic E-state index is 0.159. The van der Waals surface area contributed by atoms with Gasteiger partial charge in [0.15, 0.2) is 5.76 Å². The number of carbonyl (C=O) groups excluding carboxylic acids is 1. The van der Waals surface area contributed by atoms with E-state index in [2.05, 4.69) is 10.2 Å². The number of nitrogens with zero attached hydrogens (tertiary/aromatic N) is 1. The van der Waals surface area contributed by atoms with Crippen LogP contribution in [0, 0.1) is 6.92 Å². The quantitative estimate of drug-likeness (QED) is 0.761. The van der Waals surface area contributed by atoms with E-state index >= 15 is 0 Å². The standard InChI is InChI=1S/C17H24N2O3/c1-13-5-6-15-14(11-13)12-16(22-15)17(20)18-7-4-8-19(2)9-10-21-3/h5-6,11-12H,4,7-10H2,1-3H3,(H,18,20). The molecule has 0 atom stereocenters. The molecular weight excluding hydrogens is 280 g/mol. The zero-order valence-corrected chi connectivity index (χ0v) is 13.5. The normalized spacial score (nSPS) is 11.3. The second-order valence-electron chi connectivity index (χ2n) is 5.56. The highest BCUT2D eigenvalue weighted by molar-refractivity contribution is 5.96. The van der Waals surface area contributed by atoms with Gasteiger partial charge in [0.05, 0.1) is 6.61 Å². The molecule has 1 amide bonds. The Morgan fingerprint density at radius 3 is 2.91 bits per heavy atom. The number of fused-ring (bicyclic) bond motifs is 1. The van der Waals surface area contributed by atoms with E-state index in [1.165, 1.54) is 0 Å². The van der Waals surface area contributed by atoms with Crippen LogP contribution in [0.3, 0.4) is 0 Å². The van der Waals surface area contributed by atoms with E-state index in [1.54, 1.807) is 13.2 Å². The zero-order chi connectivity index (χ0) is 15.9. The number of aryl methyl sites for hydroxylation is 1. The fourth-order valence-corrected chi connectivity index (χ4v) is 2.27. The van der Waals surface area contributed by atoms with Gasteiger partial charge >= 0.3 is 0 Å². The summed E-state index contributed by atoms with van der Waals surface area (Å²) in [5.74, 6) is 0.210. The molecule has 0 bridgehead atoms. The summed E-state index contributed by atoms with van der Waals surface area (Å²) in [5.41, 5.74) is 1.90. The molecule has 2 rings (SSSR count). The molecule has 5 nitrogen and oxygen atoms in total. The number of hydrogen-bond donors (Lipinski definition) is 1. The highest BCUT2D eigenvalue weighted by Gasteiger charge is 2.11. The van der Waals surface area contributed by atoms with Crippen molar-refractivity contribution in [1.29, 1.82) is 0 Å². The summed E-state index contributed by atoms with van der Waals surface area (Å²) in [4.78, 5) is 14.3. The number of likely N-dealkylation sites (N-methyl/N-ethyl adjacent to an activating group) is 1. The Labute approximate surface area is 131 Å². The molecule has 0 spiro atoms. The van der Waals surface area contributed by atoms with Crippen molar-refractivity contribution < 1.29 is 13.9 Å². The first-order valence-electron chi connectivity index (χ1n) is 7.56. The van der Waals surface area contributed by atoms with E-state index in [0.717, 1.165) is 42.6 Å². The van der Waals surface area contributed by atoms with Crippen molar-refractivity contribution in [3.8, 4) is 0 Å². The Kier molecular flexibility index (Phi) is 5.98. The number of benzene rings is 1. The van der Waals surface area contributed by atoms with Crippen LogP contribution in [-0.2, 0) is 4.74 Å². The molecule has 1 aromatic heterocycles. The van der Waals surface area contributed by atoms with Crippen molar-refractivity contribution in [3.05, 3.63) is 35.6 Å². The molecule has 120 valence electrons. The van der Waals surface area contributed by atoms with Crippen molar-refractivity contribution in [1.82, 2.24) is 10.2 Å². The van der Waals surface area contributed by atoms with Crippen molar-refractivity contribution in [2.45, 2.75) is 13.3 Å². The summed E-state index contributed by atoms with van der Waals surface area (Å²) < 4.78 is 10.6. The Morgan fingerprint density at radius 1 is 1.32 bits per heavy atom. The van der Waals surface area contributed by atoms with Crippen LogP contribution < -0.4 is 5.32 Å². The third-order valence-corrected chi connectivity index (χ3v) is 3.57. The zero-order valence-electron chi connectivity index (χ0n) is 13.5. The molecule has 1 heterocycles. The predicted molar refractivity (Wildman–Crippen MR) is 87.3 cm³/mol. The minimum atomic E-state index is -0.159. The monoisotopic (exact) mass is 304 g/mol. The number of methoxy groups -OCH3 is 1. The molecule has 0 radical (unpaired) electrons. The molecule has 2 aromatic rings. The number of rotatable bonds is 8. The van der Waals surface area contributed by atoms with Crippen LogP contribution in [0.4, 0.5) is 0 Å². The molecule has 0 unspecified atom stereocenters. The molecule has 0 saturated carbocycles. The van der Waals surface area contributed by atoms with Gasteiger partial charge in [-0.25, -0.2) is 0 Å². The number of nitrogens with one attached hydrogen (secondary N) is 1. The number of carbonyl (C=O) groups is 1. The molecule has 0 saturated heterocycles. The third-order valence-electron chi connectivity index (χ3n) is 3.57. The number of furan rings is 1. The first-order valence-corrected chi connectivity index (χ1v) is 7.56. The molecule has 0 aliphatic rings. The fraction of sp³-hybridized carbons (Fsp3) is 0.471. The van der Waals surface area contributed by atoms with Crippen molar-refractivity contribution >= 4 is 16.9 Å². The van der Waals surface area contributed by atoms with Crippen molar-refractivity contribution in [3.63, 3.8) is 0 Å². The lowest BCUT2D eigenvalue weighted by molar-refractivity contribution is 0.0925. The Balaban J connectivity index is 1.79. The van der Waals surface area contributed by atoms with Gasteiger partial charge in [-0.3, -0.25) is 4.79 Å². The van der Waals surface area contributed by atoms with Gasteiger partial charge in [-0.1, -0.05) is 11.6 Å². The van der Waals surface area contributed by atoms with E-state index < -0.39 is 0 Å². The average Bonchev–Trinajstić information content (AvgIpc) is 2.92. The van der Waals surface area contributed by atoms with E-state index in [0.29, 0.717) is 12.3 Å². The van der Waals surface area contributed by atoms with Crippen LogP contribution in [0.2, 0.25) is 0 Å². The fourth-order valence-electron chi connectivity index (χ4n) is 2.27. The van der Waals surface area contributed by atoms with Gasteiger partial charge in [0.1, 0.15) is 5.58 Å². The van der Waals surface area contributed by atoms with E-state index in [-0.39, 0.29) is 5.91 Å². The summed E-state index contributed by atoms with van der Waals surface area (Å²) in [6.07, 6.45) is 0.894. The Bertz CT molecular complexity index is 621. The van der Waals surface area contributed by atoms with Gasteiger partial charge in [0, 0.05) is 25.6 Å². The van der Waals surface area contributed by atoms with Crippen LogP contribution in [-0.4, -0.2) is 51.2 Å². The second-order valence-corrected chi connectivity index (χ2v) is 5.56. The predicted octanol–water partition coefficient (Wildman–Crippen LogP) is 2.44. The van der Waals surface area contributed by atoms with Gasteiger partial charge in [-0.15, -0.1) is 0 Å². The summed E-state index contributed by atoms with van der Waals surface area (Å²) in [6.45, 7) is 5.19. The van der Waals surface area contributed by atoms with E-state index in [4.69, 9.17) is 9.15 Å². The Morgan fingerprint density at radius 2 is 2.14 bits per heavy atom. The van der Waals surface area contributed by atoms with Crippen LogP contribution in [0.1, 0.15) is 22.5 Å². The smallest absolute Gasteiger partial charge is 0.287 e. The first-order chi connectivity index (χ1) is 10.6. The molecule has 1 aromatic carbocycles. The van der Waals surface area contributed by atoms with E-state index in [9.17, 15) is 4.79 Å².